The number of para-hydroxylation sites is 1. The van der Waals surface area contributed by atoms with E-state index < -0.39 is 22.5 Å². The Labute approximate surface area is 212 Å². The van der Waals surface area contributed by atoms with E-state index in [2.05, 4.69) is 21.2 Å². The molecule has 0 spiro atoms. The number of anilines is 1. The summed E-state index contributed by atoms with van der Waals surface area (Å²) in [6.45, 7) is 2.30. The van der Waals surface area contributed by atoms with Crippen molar-refractivity contribution in [1.82, 2.24) is 5.32 Å². The van der Waals surface area contributed by atoms with Crippen molar-refractivity contribution in [2.45, 2.75) is 11.8 Å². The van der Waals surface area contributed by atoms with Gasteiger partial charge in [0.25, 0.3) is 10.0 Å². The van der Waals surface area contributed by atoms with E-state index >= 15 is 0 Å². The highest BCUT2D eigenvalue weighted by molar-refractivity contribution is 9.10. The molecule has 0 aromatic heterocycles. The number of amides is 1. The maximum absolute atomic E-state index is 13.4. The first kappa shape index (κ1) is 25.9. The molecule has 34 heavy (non-hydrogen) atoms. The van der Waals surface area contributed by atoms with Crippen molar-refractivity contribution in [2.24, 2.45) is 0 Å². The number of rotatable bonds is 11. The maximum Gasteiger partial charge on any atom is 0.264 e. The highest BCUT2D eigenvalue weighted by atomic mass is 79.9. The average Bonchev–Trinajstić information content (AvgIpc) is 2.82. The lowest BCUT2D eigenvalue weighted by Crippen LogP contribution is -2.41. The van der Waals surface area contributed by atoms with Crippen LogP contribution >= 0.6 is 27.5 Å². The molecular formula is C24H24BrClN2O5S. The SMILES string of the molecule is CCOc1ccc(N(CC(=O)NCCOc2ccccc2Cl)S(=O)(=O)c2ccc(Br)cc2)cc1. The first-order valence-corrected chi connectivity index (χ1v) is 13.1. The Hall–Kier alpha value is -2.75. The van der Waals surface area contributed by atoms with Gasteiger partial charge in [-0.1, -0.05) is 39.7 Å². The largest absolute Gasteiger partial charge is 0.494 e. The quantitative estimate of drug-likeness (QED) is 0.334. The van der Waals surface area contributed by atoms with Crippen LogP contribution in [-0.4, -0.2) is 40.6 Å². The van der Waals surface area contributed by atoms with Crippen molar-refractivity contribution in [2.75, 3.05) is 30.6 Å². The Morgan fingerprint density at radius 2 is 1.68 bits per heavy atom. The molecule has 3 aromatic rings. The lowest BCUT2D eigenvalue weighted by molar-refractivity contribution is -0.119. The predicted octanol–water partition coefficient (Wildman–Crippen LogP) is 4.89. The summed E-state index contributed by atoms with van der Waals surface area (Å²) < 4.78 is 39.6. The monoisotopic (exact) mass is 566 g/mol. The molecule has 0 unspecified atom stereocenters. The van der Waals surface area contributed by atoms with Crippen molar-refractivity contribution in [3.05, 3.63) is 82.3 Å². The van der Waals surface area contributed by atoms with Gasteiger partial charge in [-0.15, -0.1) is 0 Å². The third kappa shape index (κ3) is 6.88. The van der Waals surface area contributed by atoms with E-state index in [1.165, 1.54) is 12.1 Å². The summed E-state index contributed by atoms with van der Waals surface area (Å²) >= 11 is 9.36. The zero-order chi connectivity index (χ0) is 24.6. The molecule has 0 fully saturated rings. The van der Waals surface area contributed by atoms with E-state index in [0.717, 1.165) is 8.78 Å². The van der Waals surface area contributed by atoms with Gasteiger partial charge in [0.15, 0.2) is 0 Å². The highest BCUT2D eigenvalue weighted by Crippen LogP contribution is 2.27. The van der Waals surface area contributed by atoms with E-state index in [4.69, 9.17) is 21.1 Å². The first-order chi connectivity index (χ1) is 16.3. The van der Waals surface area contributed by atoms with E-state index in [-0.39, 0.29) is 18.0 Å². The fourth-order valence-electron chi connectivity index (χ4n) is 3.02. The molecule has 3 aromatic carbocycles. The van der Waals surface area contributed by atoms with Crippen molar-refractivity contribution < 1.29 is 22.7 Å². The summed E-state index contributed by atoms with van der Waals surface area (Å²) in [5.74, 6) is 0.637. The molecule has 1 N–H and O–H groups in total. The number of ether oxygens (including phenoxy) is 2. The molecule has 3 rings (SSSR count). The third-order valence-corrected chi connectivity index (χ3v) is 7.27. The molecule has 0 atom stereocenters. The summed E-state index contributed by atoms with van der Waals surface area (Å²) in [5, 5.41) is 3.16. The van der Waals surface area contributed by atoms with Crippen molar-refractivity contribution in [1.29, 1.82) is 0 Å². The van der Waals surface area contributed by atoms with Gasteiger partial charge >= 0.3 is 0 Å². The van der Waals surface area contributed by atoms with Gasteiger partial charge in [-0.3, -0.25) is 9.10 Å². The second kappa shape index (κ2) is 12.1. The molecular weight excluding hydrogens is 544 g/mol. The van der Waals surface area contributed by atoms with Crippen molar-refractivity contribution in [3.63, 3.8) is 0 Å². The van der Waals surface area contributed by atoms with E-state index in [1.54, 1.807) is 60.7 Å². The Bertz CT molecular complexity index is 1200. The summed E-state index contributed by atoms with van der Waals surface area (Å²) in [6.07, 6.45) is 0. The van der Waals surface area contributed by atoms with Crippen LogP contribution in [-0.2, 0) is 14.8 Å². The van der Waals surface area contributed by atoms with Gasteiger partial charge in [0, 0.05) is 4.47 Å². The molecule has 7 nitrogen and oxygen atoms in total. The van der Waals surface area contributed by atoms with Crippen LogP contribution in [0.5, 0.6) is 11.5 Å². The maximum atomic E-state index is 13.4. The third-order valence-electron chi connectivity index (χ3n) is 4.64. The minimum absolute atomic E-state index is 0.0689. The number of carbonyl (C=O) groups is 1. The number of halogens is 2. The topological polar surface area (TPSA) is 84.9 Å². The fourth-order valence-corrected chi connectivity index (χ4v) is 4.90. The van der Waals surface area contributed by atoms with Crippen LogP contribution < -0.4 is 19.1 Å². The van der Waals surface area contributed by atoms with E-state index in [1.807, 2.05) is 6.92 Å². The standard InChI is InChI=1S/C24H24BrClN2O5S/c1-2-32-20-11-9-19(10-12-20)28(34(30,31)21-13-7-18(25)8-14-21)17-24(29)27-15-16-33-23-6-4-3-5-22(23)26/h3-14H,2,15-17H2,1H3,(H,27,29). The van der Waals surface area contributed by atoms with Crippen LogP contribution in [0.15, 0.2) is 82.2 Å². The van der Waals surface area contributed by atoms with E-state index in [0.29, 0.717) is 28.8 Å². The van der Waals surface area contributed by atoms with Crippen molar-refractivity contribution in [3.8, 4) is 11.5 Å². The fraction of sp³-hybridized carbons (Fsp3) is 0.208. The molecule has 0 saturated heterocycles. The summed E-state index contributed by atoms with van der Waals surface area (Å²) in [6, 6.07) is 19.8. The first-order valence-electron chi connectivity index (χ1n) is 10.5. The van der Waals surface area contributed by atoms with Crippen LogP contribution in [0.2, 0.25) is 5.02 Å². The highest BCUT2D eigenvalue weighted by Gasteiger charge is 2.27. The van der Waals surface area contributed by atoms with Crippen molar-refractivity contribution >= 4 is 49.1 Å². The normalized spacial score (nSPS) is 11.0. The summed E-state index contributed by atoms with van der Waals surface area (Å²) in [5.41, 5.74) is 0.342. The zero-order valence-corrected chi connectivity index (χ0v) is 21.6. The van der Waals surface area contributed by atoms with Gasteiger partial charge in [0.2, 0.25) is 5.91 Å². The van der Waals surface area contributed by atoms with Gasteiger partial charge in [-0.05, 0) is 67.6 Å². The molecule has 0 saturated carbocycles. The van der Waals surface area contributed by atoms with Gasteiger partial charge < -0.3 is 14.8 Å². The Balaban J connectivity index is 1.73. The Morgan fingerprint density at radius 1 is 1.00 bits per heavy atom. The summed E-state index contributed by atoms with van der Waals surface area (Å²) in [4.78, 5) is 12.7. The minimum Gasteiger partial charge on any atom is -0.494 e. The minimum atomic E-state index is -4.01. The van der Waals surface area contributed by atoms with Gasteiger partial charge in [0.05, 0.1) is 28.8 Å². The number of nitrogens with zero attached hydrogens (tertiary/aromatic N) is 1. The average molecular weight is 568 g/mol. The van der Waals surface area contributed by atoms with Crippen LogP contribution in [0.25, 0.3) is 0 Å². The van der Waals surface area contributed by atoms with Crippen LogP contribution in [0.4, 0.5) is 5.69 Å². The van der Waals surface area contributed by atoms with Gasteiger partial charge in [-0.25, -0.2) is 8.42 Å². The van der Waals surface area contributed by atoms with Gasteiger partial charge in [0.1, 0.15) is 24.7 Å². The number of hydrogen-bond acceptors (Lipinski definition) is 5. The Kier molecular flexibility index (Phi) is 9.20. The lowest BCUT2D eigenvalue weighted by atomic mass is 10.3. The molecule has 180 valence electrons. The molecule has 10 heteroatoms. The second-order valence-electron chi connectivity index (χ2n) is 7.02. The van der Waals surface area contributed by atoms with E-state index in [9.17, 15) is 13.2 Å². The molecule has 1 amide bonds. The van der Waals surface area contributed by atoms with Gasteiger partial charge in [-0.2, -0.15) is 0 Å². The Morgan fingerprint density at radius 3 is 2.32 bits per heavy atom. The number of carbonyl (C=O) groups excluding carboxylic acids is 1. The molecule has 0 aliphatic rings. The lowest BCUT2D eigenvalue weighted by Gasteiger charge is -2.24. The molecule has 0 aliphatic carbocycles. The number of nitrogens with one attached hydrogen (secondary N) is 1. The number of hydrogen-bond donors (Lipinski definition) is 1. The van der Waals surface area contributed by atoms with Crippen LogP contribution in [0.3, 0.4) is 0 Å². The number of benzene rings is 3. The summed E-state index contributed by atoms with van der Waals surface area (Å²) in [7, 11) is -4.01. The number of sulfonamides is 1. The molecule has 0 bridgehead atoms. The smallest absolute Gasteiger partial charge is 0.264 e. The molecule has 0 aliphatic heterocycles. The second-order valence-corrected chi connectivity index (χ2v) is 10.2. The van der Waals surface area contributed by atoms with Crippen LogP contribution in [0, 0.1) is 0 Å². The molecule has 0 heterocycles. The predicted molar refractivity (Wildman–Crippen MR) is 136 cm³/mol. The van der Waals surface area contributed by atoms with Crippen LogP contribution in [0.1, 0.15) is 6.92 Å². The zero-order valence-electron chi connectivity index (χ0n) is 18.4. The molecule has 0 radical (unpaired) electrons.